The SMILES string of the molecule is CC(C)(C)c1ccc(O)c(NC(=O)CNC(=O)COc2ccccc2)c1. The molecule has 6 heteroatoms. The Kier molecular flexibility index (Phi) is 6.22. The predicted molar refractivity (Wildman–Crippen MR) is 100 cm³/mol. The molecule has 2 aromatic carbocycles. The Morgan fingerprint density at radius 2 is 1.73 bits per heavy atom. The number of ether oxygens (including phenoxy) is 1. The van der Waals surface area contributed by atoms with Crippen molar-refractivity contribution in [2.75, 3.05) is 18.5 Å². The van der Waals surface area contributed by atoms with Crippen molar-refractivity contribution in [3.8, 4) is 11.5 Å². The Morgan fingerprint density at radius 1 is 1.04 bits per heavy atom. The maximum Gasteiger partial charge on any atom is 0.258 e. The Morgan fingerprint density at radius 3 is 2.38 bits per heavy atom. The fourth-order valence-corrected chi connectivity index (χ4v) is 2.19. The van der Waals surface area contributed by atoms with E-state index in [9.17, 15) is 14.7 Å². The van der Waals surface area contributed by atoms with Crippen molar-refractivity contribution in [3.05, 3.63) is 54.1 Å². The summed E-state index contributed by atoms with van der Waals surface area (Å²) >= 11 is 0. The number of rotatable bonds is 6. The molecule has 2 rings (SSSR count). The Balaban J connectivity index is 1.84. The van der Waals surface area contributed by atoms with Gasteiger partial charge in [0.05, 0.1) is 12.2 Å². The third-order valence-corrected chi connectivity index (χ3v) is 3.70. The zero-order valence-corrected chi connectivity index (χ0v) is 15.2. The average molecular weight is 356 g/mol. The average Bonchev–Trinajstić information content (AvgIpc) is 2.60. The Hall–Kier alpha value is -3.02. The van der Waals surface area contributed by atoms with E-state index in [0.717, 1.165) is 5.56 Å². The van der Waals surface area contributed by atoms with Crippen LogP contribution in [0.5, 0.6) is 11.5 Å². The molecule has 0 spiro atoms. The lowest BCUT2D eigenvalue weighted by Crippen LogP contribution is -2.35. The predicted octanol–water partition coefficient (Wildman–Crippen LogP) is 2.82. The van der Waals surface area contributed by atoms with Gasteiger partial charge in [0.2, 0.25) is 5.91 Å². The van der Waals surface area contributed by atoms with Crippen LogP contribution in [0.1, 0.15) is 26.3 Å². The molecule has 3 N–H and O–H groups in total. The number of aromatic hydroxyl groups is 1. The van der Waals surface area contributed by atoms with Crippen molar-refractivity contribution >= 4 is 17.5 Å². The molecule has 2 aromatic rings. The highest BCUT2D eigenvalue weighted by Gasteiger charge is 2.16. The van der Waals surface area contributed by atoms with E-state index in [2.05, 4.69) is 10.6 Å². The number of benzene rings is 2. The lowest BCUT2D eigenvalue weighted by atomic mass is 9.87. The third kappa shape index (κ3) is 5.81. The van der Waals surface area contributed by atoms with Crippen molar-refractivity contribution in [1.29, 1.82) is 0 Å². The minimum Gasteiger partial charge on any atom is -0.506 e. The summed E-state index contributed by atoms with van der Waals surface area (Å²) in [6, 6.07) is 14.0. The van der Waals surface area contributed by atoms with Gasteiger partial charge >= 0.3 is 0 Å². The first-order valence-electron chi connectivity index (χ1n) is 8.33. The van der Waals surface area contributed by atoms with Gasteiger partial charge in [-0.05, 0) is 35.2 Å². The molecule has 26 heavy (non-hydrogen) atoms. The second-order valence-electron chi connectivity index (χ2n) is 6.91. The molecule has 6 nitrogen and oxygen atoms in total. The fraction of sp³-hybridized carbons (Fsp3) is 0.300. The molecule has 0 atom stereocenters. The van der Waals surface area contributed by atoms with E-state index in [1.54, 1.807) is 36.4 Å². The standard InChI is InChI=1S/C20H24N2O4/c1-20(2,3)14-9-10-17(23)16(11-14)22-18(24)12-21-19(25)13-26-15-7-5-4-6-8-15/h4-11,23H,12-13H2,1-3H3,(H,21,25)(H,22,24). The highest BCUT2D eigenvalue weighted by atomic mass is 16.5. The lowest BCUT2D eigenvalue weighted by molar-refractivity contribution is -0.125. The molecule has 0 aliphatic carbocycles. The molecule has 0 heterocycles. The number of hydrogen-bond donors (Lipinski definition) is 3. The van der Waals surface area contributed by atoms with Crippen LogP contribution in [0.4, 0.5) is 5.69 Å². The zero-order chi connectivity index (χ0) is 19.2. The quantitative estimate of drug-likeness (QED) is 0.695. The Bertz CT molecular complexity index is 767. The van der Waals surface area contributed by atoms with Crippen molar-refractivity contribution in [3.63, 3.8) is 0 Å². The van der Waals surface area contributed by atoms with Crippen LogP contribution >= 0.6 is 0 Å². The van der Waals surface area contributed by atoms with Gasteiger partial charge < -0.3 is 20.5 Å². The van der Waals surface area contributed by atoms with Crippen LogP contribution in [0, 0.1) is 0 Å². The van der Waals surface area contributed by atoms with Crippen LogP contribution < -0.4 is 15.4 Å². The molecular weight excluding hydrogens is 332 g/mol. The van der Waals surface area contributed by atoms with Crippen molar-refractivity contribution in [2.24, 2.45) is 0 Å². The molecule has 2 amide bonds. The van der Waals surface area contributed by atoms with Crippen LogP contribution in [0.25, 0.3) is 0 Å². The van der Waals surface area contributed by atoms with Gasteiger partial charge in [0, 0.05) is 0 Å². The summed E-state index contributed by atoms with van der Waals surface area (Å²) in [7, 11) is 0. The van der Waals surface area contributed by atoms with E-state index in [-0.39, 0.29) is 24.3 Å². The van der Waals surface area contributed by atoms with Crippen LogP contribution in [0.3, 0.4) is 0 Å². The second kappa shape index (κ2) is 8.38. The number of nitrogens with one attached hydrogen (secondary N) is 2. The molecule has 0 saturated heterocycles. The number of hydrogen-bond acceptors (Lipinski definition) is 4. The van der Waals surface area contributed by atoms with Crippen LogP contribution in [0.2, 0.25) is 0 Å². The van der Waals surface area contributed by atoms with Crippen LogP contribution in [0.15, 0.2) is 48.5 Å². The number of para-hydroxylation sites is 1. The first kappa shape index (κ1) is 19.3. The lowest BCUT2D eigenvalue weighted by Gasteiger charge is -2.20. The minimum absolute atomic E-state index is 0.0231. The van der Waals surface area contributed by atoms with E-state index in [4.69, 9.17) is 4.74 Å². The molecule has 0 saturated carbocycles. The van der Waals surface area contributed by atoms with Gasteiger partial charge in [-0.1, -0.05) is 45.0 Å². The zero-order valence-electron chi connectivity index (χ0n) is 15.2. The maximum absolute atomic E-state index is 12.0. The molecular formula is C20H24N2O4. The van der Waals surface area contributed by atoms with Gasteiger partial charge in [-0.2, -0.15) is 0 Å². The number of anilines is 1. The van der Waals surface area contributed by atoms with E-state index in [1.807, 2.05) is 32.9 Å². The van der Waals surface area contributed by atoms with Crippen molar-refractivity contribution in [1.82, 2.24) is 5.32 Å². The van der Waals surface area contributed by atoms with E-state index in [0.29, 0.717) is 11.4 Å². The molecule has 0 fully saturated rings. The van der Waals surface area contributed by atoms with E-state index < -0.39 is 11.8 Å². The van der Waals surface area contributed by atoms with Gasteiger partial charge in [0.15, 0.2) is 6.61 Å². The normalized spacial score (nSPS) is 10.9. The second-order valence-corrected chi connectivity index (χ2v) is 6.91. The first-order valence-corrected chi connectivity index (χ1v) is 8.33. The molecule has 0 aromatic heterocycles. The number of phenols is 1. The smallest absolute Gasteiger partial charge is 0.258 e. The molecule has 0 unspecified atom stereocenters. The molecule has 0 radical (unpaired) electrons. The summed E-state index contributed by atoms with van der Waals surface area (Å²) in [6.07, 6.45) is 0. The van der Waals surface area contributed by atoms with Gasteiger partial charge in [0.25, 0.3) is 5.91 Å². The molecule has 0 aliphatic rings. The number of carbonyl (C=O) groups excluding carboxylic acids is 2. The van der Waals surface area contributed by atoms with E-state index >= 15 is 0 Å². The van der Waals surface area contributed by atoms with Crippen LogP contribution in [-0.2, 0) is 15.0 Å². The van der Waals surface area contributed by atoms with Gasteiger partial charge in [-0.15, -0.1) is 0 Å². The van der Waals surface area contributed by atoms with Gasteiger partial charge in [-0.25, -0.2) is 0 Å². The highest BCUT2D eigenvalue weighted by molar-refractivity contribution is 5.95. The molecule has 0 bridgehead atoms. The monoisotopic (exact) mass is 356 g/mol. The summed E-state index contributed by atoms with van der Waals surface area (Å²) in [6.45, 7) is 5.73. The molecule has 0 aliphatic heterocycles. The highest BCUT2D eigenvalue weighted by Crippen LogP contribution is 2.30. The first-order chi connectivity index (χ1) is 12.3. The third-order valence-electron chi connectivity index (χ3n) is 3.70. The van der Waals surface area contributed by atoms with Gasteiger partial charge in [0.1, 0.15) is 11.5 Å². The summed E-state index contributed by atoms with van der Waals surface area (Å²) in [5.41, 5.74) is 1.18. The summed E-state index contributed by atoms with van der Waals surface area (Å²) in [4.78, 5) is 23.8. The fourth-order valence-electron chi connectivity index (χ4n) is 2.19. The summed E-state index contributed by atoms with van der Waals surface area (Å²) < 4.78 is 5.31. The maximum atomic E-state index is 12.0. The van der Waals surface area contributed by atoms with Crippen LogP contribution in [-0.4, -0.2) is 30.1 Å². The van der Waals surface area contributed by atoms with Gasteiger partial charge in [-0.3, -0.25) is 9.59 Å². The van der Waals surface area contributed by atoms with Crippen molar-refractivity contribution < 1.29 is 19.4 Å². The Labute approximate surface area is 153 Å². The number of amides is 2. The largest absolute Gasteiger partial charge is 0.506 e. The minimum atomic E-state index is -0.431. The topological polar surface area (TPSA) is 87.7 Å². The number of carbonyl (C=O) groups is 2. The molecule has 138 valence electrons. The number of phenolic OH excluding ortho intramolecular Hbond substituents is 1. The van der Waals surface area contributed by atoms with Crippen molar-refractivity contribution in [2.45, 2.75) is 26.2 Å². The van der Waals surface area contributed by atoms with E-state index in [1.165, 1.54) is 0 Å². The summed E-state index contributed by atoms with van der Waals surface area (Å²) in [5.74, 6) is -0.280. The summed E-state index contributed by atoms with van der Waals surface area (Å²) in [5, 5.41) is 15.0.